The molecular weight excluding hydrogens is 236 g/mol. The van der Waals surface area contributed by atoms with Crippen LogP contribution >= 0.6 is 0 Å². The van der Waals surface area contributed by atoms with E-state index < -0.39 is 0 Å². The van der Waals surface area contributed by atoms with Crippen LogP contribution in [0.1, 0.15) is 12.8 Å². The zero-order valence-electron chi connectivity index (χ0n) is 10.2. The number of nitrogens with two attached hydrogens (primary N) is 1. The molecule has 0 bridgehead atoms. The van der Waals surface area contributed by atoms with Crippen molar-refractivity contribution in [1.29, 1.82) is 0 Å². The zero-order chi connectivity index (χ0) is 13.1. The van der Waals surface area contributed by atoms with Crippen LogP contribution in [0.25, 0.3) is 0 Å². The van der Waals surface area contributed by atoms with Gasteiger partial charge in [-0.2, -0.15) is 0 Å². The molecule has 0 saturated heterocycles. The second-order valence-corrected chi connectivity index (χ2v) is 4.39. The number of hydrogen-bond acceptors (Lipinski definition) is 5. The molecule has 1 saturated carbocycles. The summed E-state index contributed by atoms with van der Waals surface area (Å²) >= 11 is 0. The number of anilines is 1. The first-order valence-electron chi connectivity index (χ1n) is 5.73. The summed E-state index contributed by atoms with van der Waals surface area (Å²) in [6.07, 6.45) is 3.44. The summed E-state index contributed by atoms with van der Waals surface area (Å²) < 4.78 is 1.34. The van der Waals surface area contributed by atoms with Crippen molar-refractivity contribution >= 4 is 17.8 Å². The molecular formula is C10H16N6O2. The Morgan fingerprint density at radius 2 is 2.33 bits per heavy atom. The molecule has 18 heavy (non-hydrogen) atoms. The summed E-state index contributed by atoms with van der Waals surface area (Å²) in [6.45, 7) is 0.0803. The van der Waals surface area contributed by atoms with Gasteiger partial charge in [-0.3, -0.25) is 9.59 Å². The summed E-state index contributed by atoms with van der Waals surface area (Å²) in [6, 6.07) is 0.302. The van der Waals surface area contributed by atoms with Gasteiger partial charge in [-0.25, -0.2) is 9.67 Å². The smallest absolute Gasteiger partial charge is 0.244 e. The third kappa shape index (κ3) is 3.44. The van der Waals surface area contributed by atoms with Crippen LogP contribution in [-0.4, -0.2) is 51.1 Å². The highest BCUT2D eigenvalue weighted by atomic mass is 16.2. The van der Waals surface area contributed by atoms with E-state index >= 15 is 0 Å². The minimum atomic E-state index is -0.217. The first kappa shape index (κ1) is 12.3. The van der Waals surface area contributed by atoms with Crippen LogP contribution in [0.5, 0.6) is 0 Å². The highest BCUT2D eigenvalue weighted by Gasteiger charge is 2.24. The average molecular weight is 252 g/mol. The normalized spacial score (nSPS) is 14.3. The van der Waals surface area contributed by atoms with Gasteiger partial charge in [0.2, 0.25) is 17.8 Å². The van der Waals surface area contributed by atoms with Crippen LogP contribution in [0.2, 0.25) is 0 Å². The number of nitrogens with zero attached hydrogens (tertiary/aromatic N) is 4. The Morgan fingerprint density at radius 1 is 1.61 bits per heavy atom. The summed E-state index contributed by atoms with van der Waals surface area (Å²) in [7, 11) is 1.58. The van der Waals surface area contributed by atoms with Gasteiger partial charge in [0, 0.05) is 13.1 Å². The molecule has 8 heteroatoms. The third-order valence-corrected chi connectivity index (χ3v) is 2.60. The molecule has 2 amide bonds. The largest absolute Gasteiger partial charge is 0.367 e. The summed E-state index contributed by atoms with van der Waals surface area (Å²) in [4.78, 5) is 28.4. The van der Waals surface area contributed by atoms with Gasteiger partial charge in [-0.05, 0) is 12.8 Å². The molecule has 1 aromatic heterocycles. The van der Waals surface area contributed by atoms with E-state index in [0.717, 1.165) is 12.8 Å². The van der Waals surface area contributed by atoms with Crippen molar-refractivity contribution in [1.82, 2.24) is 25.0 Å². The van der Waals surface area contributed by atoms with E-state index in [4.69, 9.17) is 5.73 Å². The predicted molar refractivity (Wildman–Crippen MR) is 63.2 cm³/mol. The lowest BCUT2D eigenvalue weighted by Gasteiger charge is -2.16. The van der Waals surface area contributed by atoms with Crippen molar-refractivity contribution < 1.29 is 9.59 Å². The monoisotopic (exact) mass is 252 g/mol. The van der Waals surface area contributed by atoms with Crippen molar-refractivity contribution in [3.8, 4) is 0 Å². The minimum absolute atomic E-state index is 0.0252. The Morgan fingerprint density at radius 3 is 2.89 bits per heavy atom. The maximum absolute atomic E-state index is 11.8. The van der Waals surface area contributed by atoms with Gasteiger partial charge in [0.15, 0.2) is 0 Å². The number of rotatable bonds is 5. The van der Waals surface area contributed by atoms with Crippen LogP contribution in [0.15, 0.2) is 6.33 Å². The summed E-state index contributed by atoms with van der Waals surface area (Å²) in [5.41, 5.74) is 5.34. The number of carbonyl (C=O) groups excluding carboxylic acids is 2. The maximum Gasteiger partial charge on any atom is 0.244 e. The van der Waals surface area contributed by atoms with E-state index in [2.05, 4.69) is 15.4 Å². The zero-order valence-corrected chi connectivity index (χ0v) is 10.2. The van der Waals surface area contributed by atoms with Gasteiger partial charge >= 0.3 is 0 Å². The molecule has 1 aliphatic carbocycles. The Bertz CT molecular complexity index is 453. The van der Waals surface area contributed by atoms with Crippen molar-refractivity contribution in [2.45, 2.75) is 25.4 Å². The fraction of sp³-hybridized carbons (Fsp3) is 0.600. The van der Waals surface area contributed by atoms with E-state index in [1.807, 2.05) is 0 Å². The molecule has 0 radical (unpaired) electrons. The Hall–Kier alpha value is -2.12. The second-order valence-electron chi connectivity index (χ2n) is 4.39. The average Bonchev–Trinajstić information content (AvgIpc) is 3.00. The quantitative estimate of drug-likeness (QED) is 0.670. The van der Waals surface area contributed by atoms with Gasteiger partial charge in [0.05, 0.1) is 6.54 Å². The third-order valence-electron chi connectivity index (χ3n) is 2.60. The molecule has 0 aliphatic heterocycles. The SMILES string of the molecule is CN(CC(=O)NC1CC1)C(=O)Cn1cnc(N)n1. The number of nitrogen functional groups attached to an aromatic ring is 1. The molecule has 0 spiro atoms. The van der Waals surface area contributed by atoms with Gasteiger partial charge in [-0.15, -0.1) is 5.10 Å². The maximum atomic E-state index is 11.8. The van der Waals surface area contributed by atoms with Crippen molar-refractivity contribution in [3.63, 3.8) is 0 Å². The highest BCUT2D eigenvalue weighted by Crippen LogP contribution is 2.18. The Kier molecular flexibility index (Phi) is 3.45. The number of nitrogens with one attached hydrogen (secondary N) is 1. The number of hydrogen-bond donors (Lipinski definition) is 2. The summed E-state index contributed by atoms with van der Waals surface area (Å²) in [5, 5.41) is 6.63. The first-order chi connectivity index (χ1) is 8.54. The lowest BCUT2D eigenvalue weighted by Crippen LogP contribution is -2.40. The molecule has 8 nitrogen and oxygen atoms in total. The lowest BCUT2D eigenvalue weighted by atomic mass is 10.4. The van der Waals surface area contributed by atoms with E-state index in [1.54, 1.807) is 7.05 Å². The molecule has 1 heterocycles. The highest BCUT2D eigenvalue weighted by molar-refractivity contribution is 5.84. The van der Waals surface area contributed by atoms with Gasteiger partial charge in [-0.1, -0.05) is 0 Å². The van der Waals surface area contributed by atoms with Crippen LogP contribution in [0.3, 0.4) is 0 Å². The van der Waals surface area contributed by atoms with Crippen molar-refractivity contribution in [3.05, 3.63) is 6.33 Å². The lowest BCUT2D eigenvalue weighted by molar-refractivity contribution is -0.135. The molecule has 98 valence electrons. The predicted octanol–water partition coefficient (Wildman–Crippen LogP) is -1.40. The van der Waals surface area contributed by atoms with Crippen LogP contribution < -0.4 is 11.1 Å². The van der Waals surface area contributed by atoms with Crippen molar-refractivity contribution in [2.24, 2.45) is 0 Å². The molecule has 0 atom stereocenters. The van der Waals surface area contributed by atoms with Crippen LogP contribution in [0.4, 0.5) is 5.95 Å². The fourth-order valence-electron chi connectivity index (χ4n) is 1.45. The van der Waals surface area contributed by atoms with Crippen LogP contribution in [-0.2, 0) is 16.1 Å². The van der Waals surface area contributed by atoms with Crippen molar-refractivity contribution in [2.75, 3.05) is 19.3 Å². The number of amides is 2. The number of aromatic nitrogens is 3. The Balaban J connectivity index is 1.78. The molecule has 2 rings (SSSR count). The van der Waals surface area contributed by atoms with E-state index in [9.17, 15) is 9.59 Å². The van der Waals surface area contributed by atoms with E-state index in [0.29, 0.717) is 6.04 Å². The minimum Gasteiger partial charge on any atom is -0.367 e. The molecule has 3 N–H and O–H groups in total. The number of likely N-dealkylation sites (N-methyl/N-ethyl adjacent to an activating group) is 1. The topological polar surface area (TPSA) is 106 Å². The molecule has 1 aromatic rings. The van der Waals surface area contributed by atoms with E-state index in [-0.39, 0.29) is 30.9 Å². The molecule has 0 unspecified atom stereocenters. The van der Waals surface area contributed by atoms with Gasteiger partial charge < -0.3 is 16.0 Å². The number of carbonyl (C=O) groups is 2. The standard InChI is InChI=1S/C10H16N6O2/c1-15(4-8(17)13-7-2-3-7)9(18)5-16-6-12-10(11)14-16/h6-7H,2-5H2,1H3,(H2,11,14)(H,13,17). The van der Waals surface area contributed by atoms with Gasteiger partial charge in [0.1, 0.15) is 12.9 Å². The molecule has 1 fully saturated rings. The van der Waals surface area contributed by atoms with E-state index in [1.165, 1.54) is 15.9 Å². The molecule has 0 aromatic carbocycles. The summed E-state index contributed by atoms with van der Waals surface area (Å²) in [5.74, 6) is -0.228. The fourth-order valence-corrected chi connectivity index (χ4v) is 1.45. The van der Waals surface area contributed by atoms with Crippen LogP contribution in [0, 0.1) is 0 Å². The Labute approximate surface area is 104 Å². The van der Waals surface area contributed by atoms with Gasteiger partial charge in [0.25, 0.3) is 0 Å². The first-order valence-corrected chi connectivity index (χ1v) is 5.73. The second kappa shape index (κ2) is 5.03. The molecule has 1 aliphatic rings.